The standard InChI is InChI=1S/C12H15BrN2O2/c1-14(8-13)6-5-9-3-4-11-10(7-9)15(2)12(16)17-11/h3-4,7H,5-6,8H2,1-2H3. The zero-order valence-corrected chi connectivity index (χ0v) is 11.5. The Bertz CT molecular complexity index is 573. The molecule has 5 heteroatoms. The van der Waals surface area contributed by atoms with Crippen LogP contribution in [-0.2, 0) is 13.5 Å². The van der Waals surface area contributed by atoms with Crippen molar-refractivity contribution in [3.63, 3.8) is 0 Å². The van der Waals surface area contributed by atoms with E-state index in [-0.39, 0.29) is 5.76 Å². The number of halogens is 1. The van der Waals surface area contributed by atoms with E-state index < -0.39 is 0 Å². The maximum atomic E-state index is 11.3. The number of fused-ring (bicyclic) bond motifs is 1. The first-order valence-electron chi connectivity index (χ1n) is 5.45. The van der Waals surface area contributed by atoms with Crippen molar-refractivity contribution >= 4 is 27.0 Å². The second-order valence-corrected chi connectivity index (χ2v) is 4.68. The minimum absolute atomic E-state index is 0.310. The molecule has 0 atom stereocenters. The fourth-order valence-electron chi connectivity index (χ4n) is 1.71. The fourth-order valence-corrected chi connectivity index (χ4v) is 1.96. The predicted molar refractivity (Wildman–Crippen MR) is 71.6 cm³/mol. The number of nitrogens with zero attached hydrogens (tertiary/aromatic N) is 2. The number of hydrogen-bond donors (Lipinski definition) is 0. The van der Waals surface area contributed by atoms with Gasteiger partial charge in [-0.2, -0.15) is 0 Å². The van der Waals surface area contributed by atoms with Crippen LogP contribution < -0.4 is 5.76 Å². The van der Waals surface area contributed by atoms with E-state index in [1.54, 1.807) is 7.05 Å². The number of rotatable bonds is 4. The lowest BCUT2D eigenvalue weighted by Crippen LogP contribution is -2.18. The summed E-state index contributed by atoms with van der Waals surface area (Å²) in [4.78, 5) is 13.5. The highest BCUT2D eigenvalue weighted by Gasteiger charge is 2.06. The van der Waals surface area contributed by atoms with E-state index in [1.807, 2.05) is 18.2 Å². The molecule has 1 aromatic carbocycles. The Kier molecular flexibility index (Phi) is 3.69. The average Bonchev–Trinajstić information content (AvgIpc) is 2.62. The predicted octanol–water partition coefficient (Wildman–Crippen LogP) is 1.96. The zero-order chi connectivity index (χ0) is 12.4. The Morgan fingerprint density at radius 2 is 2.24 bits per heavy atom. The molecule has 0 radical (unpaired) electrons. The second-order valence-electron chi connectivity index (χ2n) is 4.18. The van der Waals surface area contributed by atoms with Gasteiger partial charge in [0.15, 0.2) is 5.58 Å². The van der Waals surface area contributed by atoms with Crippen LogP contribution in [0.5, 0.6) is 0 Å². The Morgan fingerprint density at radius 1 is 1.47 bits per heavy atom. The van der Waals surface area contributed by atoms with Gasteiger partial charge in [0.1, 0.15) is 0 Å². The van der Waals surface area contributed by atoms with Crippen LogP contribution in [0.15, 0.2) is 27.4 Å². The molecule has 0 aliphatic heterocycles. The zero-order valence-electron chi connectivity index (χ0n) is 9.94. The highest BCUT2D eigenvalue weighted by atomic mass is 79.9. The Balaban J connectivity index is 2.25. The Hall–Kier alpha value is -1.07. The van der Waals surface area contributed by atoms with Gasteiger partial charge in [-0.3, -0.25) is 9.47 Å². The van der Waals surface area contributed by atoms with Crippen LogP contribution in [0.4, 0.5) is 0 Å². The van der Waals surface area contributed by atoms with Crippen molar-refractivity contribution in [2.75, 3.05) is 19.0 Å². The molecule has 0 bridgehead atoms. The van der Waals surface area contributed by atoms with Crippen LogP contribution in [0.25, 0.3) is 11.1 Å². The quantitative estimate of drug-likeness (QED) is 0.640. The van der Waals surface area contributed by atoms with Gasteiger partial charge in [-0.1, -0.05) is 22.0 Å². The van der Waals surface area contributed by atoms with Crippen LogP contribution in [0.3, 0.4) is 0 Å². The number of oxazole rings is 1. The van der Waals surface area contributed by atoms with E-state index in [0.717, 1.165) is 23.9 Å². The smallest absolute Gasteiger partial charge is 0.408 e. The lowest BCUT2D eigenvalue weighted by molar-refractivity contribution is 0.401. The second kappa shape index (κ2) is 5.06. The molecule has 0 fully saturated rings. The molecule has 0 saturated carbocycles. The van der Waals surface area contributed by atoms with E-state index in [0.29, 0.717) is 5.58 Å². The molecule has 17 heavy (non-hydrogen) atoms. The summed E-state index contributed by atoms with van der Waals surface area (Å²) >= 11 is 3.41. The fraction of sp³-hybridized carbons (Fsp3) is 0.417. The summed E-state index contributed by atoms with van der Waals surface area (Å²) in [6, 6.07) is 5.88. The lowest BCUT2D eigenvalue weighted by Gasteiger charge is -2.12. The van der Waals surface area contributed by atoms with Gasteiger partial charge in [0.2, 0.25) is 0 Å². The molecule has 1 aromatic heterocycles. The Labute approximate surface area is 108 Å². The van der Waals surface area contributed by atoms with Crippen molar-refractivity contribution < 1.29 is 4.42 Å². The molecule has 4 nitrogen and oxygen atoms in total. The summed E-state index contributed by atoms with van der Waals surface area (Å²) in [7, 11) is 3.78. The highest BCUT2D eigenvalue weighted by molar-refractivity contribution is 9.09. The molecular weight excluding hydrogens is 284 g/mol. The minimum Gasteiger partial charge on any atom is -0.408 e. The first-order chi connectivity index (χ1) is 8.11. The van der Waals surface area contributed by atoms with Crippen molar-refractivity contribution in [1.82, 2.24) is 9.47 Å². The normalized spacial score (nSPS) is 11.5. The molecule has 0 spiro atoms. The van der Waals surface area contributed by atoms with E-state index in [1.165, 1.54) is 10.1 Å². The third-order valence-corrected chi connectivity index (χ3v) is 3.70. The van der Waals surface area contributed by atoms with Crippen LogP contribution in [-0.4, -0.2) is 28.5 Å². The maximum absolute atomic E-state index is 11.3. The molecule has 0 amide bonds. The molecule has 0 N–H and O–H groups in total. The average molecular weight is 299 g/mol. The summed E-state index contributed by atoms with van der Waals surface area (Å²) in [5, 5.41) is 0. The SMILES string of the molecule is CN(CBr)CCc1ccc2oc(=O)n(C)c2c1. The molecule has 0 aliphatic rings. The van der Waals surface area contributed by atoms with Gasteiger partial charge in [0, 0.05) is 13.6 Å². The summed E-state index contributed by atoms with van der Waals surface area (Å²) in [5.74, 6) is -0.310. The monoisotopic (exact) mass is 298 g/mol. The van der Waals surface area contributed by atoms with Gasteiger partial charge in [-0.15, -0.1) is 0 Å². The molecular formula is C12H15BrN2O2. The van der Waals surface area contributed by atoms with Crippen molar-refractivity contribution in [2.24, 2.45) is 7.05 Å². The summed E-state index contributed by atoms with van der Waals surface area (Å²) in [6.07, 6.45) is 0.956. The van der Waals surface area contributed by atoms with Crippen LogP contribution in [0, 0.1) is 0 Å². The number of benzene rings is 1. The number of hydrogen-bond acceptors (Lipinski definition) is 3. The number of aryl methyl sites for hydroxylation is 1. The molecule has 0 aliphatic carbocycles. The topological polar surface area (TPSA) is 38.4 Å². The van der Waals surface area contributed by atoms with Gasteiger partial charge >= 0.3 is 5.76 Å². The van der Waals surface area contributed by atoms with E-state index in [4.69, 9.17) is 4.42 Å². The van der Waals surface area contributed by atoms with Crippen molar-refractivity contribution in [1.29, 1.82) is 0 Å². The molecule has 2 rings (SSSR count). The van der Waals surface area contributed by atoms with E-state index >= 15 is 0 Å². The van der Waals surface area contributed by atoms with Crippen molar-refractivity contribution in [3.8, 4) is 0 Å². The summed E-state index contributed by atoms with van der Waals surface area (Å²) in [5.41, 5.74) is 3.57. The van der Waals surface area contributed by atoms with Gasteiger partial charge in [-0.25, -0.2) is 4.79 Å². The number of likely N-dealkylation sites (N-methyl/N-ethyl adjacent to an activating group) is 1. The first kappa shape index (κ1) is 12.4. The van der Waals surface area contributed by atoms with Crippen molar-refractivity contribution in [3.05, 3.63) is 34.3 Å². The first-order valence-corrected chi connectivity index (χ1v) is 6.57. The van der Waals surface area contributed by atoms with Crippen LogP contribution >= 0.6 is 15.9 Å². The number of alkyl halides is 1. The third-order valence-electron chi connectivity index (χ3n) is 2.84. The molecule has 1 heterocycles. The maximum Gasteiger partial charge on any atom is 0.419 e. The summed E-state index contributed by atoms with van der Waals surface area (Å²) < 4.78 is 6.62. The van der Waals surface area contributed by atoms with Gasteiger partial charge in [0.05, 0.1) is 11.0 Å². The van der Waals surface area contributed by atoms with Crippen molar-refractivity contribution in [2.45, 2.75) is 6.42 Å². The third kappa shape index (κ3) is 2.61. The molecule has 92 valence electrons. The van der Waals surface area contributed by atoms with Gasteiger partial charge < -0.3 is 4.42 Å². The molecule has 0 unspecified atom stereocenters. The Morgan fingerprint density at radius 3 is 2.94 bits per heavy atom. The van der Waals surface area contributed by atoms with E-state index in [2.05, 4.69) is 27.9 Å². The van der Waals surface area contributed by atoms with Gasteiger partial charge in [-0.05, 0) is 31.2 Å². The van der Waals surface area contributed by atoms with E-state index in [9.17, 15) is 4.79 Å². The molecule has 2 aromatic rings. The lowest BCUT2D eigenvalue weighted by atomic mass is 10.1. The van der Waals surface area contributed by atoms with Crippen LogP contribution in [0.2, 0.25) is 0 Å². The minimum atomic E-state index is -0.310. The van der Waals surface area contributed by atoms with Gasteiger partial charge in [0.25, 0.3) is 0 Å². The molecule has 0 saturated heterocycles. The van der Waals surface area contributed by atoms with Crippen LogP contribution in [0.1, 0.15) is 5.56 Å². The number of aromatic nitrogens is 1. The summed E-state index contributed by atoms with van der Waals surface area (Å²) in [6.45, 7) is 0.975. The highest BCUT2D eigenvalue weighted by Crippen LogP contribution is 2.14. The largest absolute Gasteiger partial charge is 0.419 e.